The third-order valence-corrected chi connectivity index (χ3v) is 7.81. The number of carboxylic acids is 1. The van der Waals surface area contributed by atoms with Crippen LogP contribution in [0, 0.1) is 17.8 Å². The number of carbonyl (C=O) groups is 2. The molecular formula is C38H68O6. The van der Waals surface area contributed by atoms with Gasteiger partial charge in [0.1, 0.15) is 0 Å². The number of ether oxygens (including phenoxy) is 3. The predicted octanol–water partition coefficient (Wildman–Crippen LogP) is 10.3. The first-order valence-corrected chi connectivity index (χ1v) is 16.5. The fraction of sp³-hybridized carbons (Fsp3) is 0.737. The van der Waals surface area contributed by atoms with Crippen molar-refractivity contribution in [1.29, 1.82) is 0 Å². The predicted molar refractivity (Wildman–Crippen MR) is 186 cm³/mol. The summed E-state index contributed by atoms with van der Waals surface area (Å²) in [6.07, 6.45) is 18.5. The molecule has 0 aromatic rings. The average molecular weight is 621 g/mol. The first-order valence-electron chi connectivity index (χ1n) is 16.5. The quantitative estimate of drug-likeness (QED) is 0.0828. The molecule has 6 heteroatoms. The highest BCUT2D eigenvalue weighted by atomic mass is 16.5. The molecule has 6 nitrogen and oxygen atoms in total. The molecule has 0 rings (SSSR count). The fourth-order valence-electron chi connectivity index (χ4n) is 4.62. The second kappa shape index (κ2) is 23.2. The Morgan fingerprint density at radius 3 is 1.55 bits per heavy atom. The zero-order valence-electron chi connectivity index (χ0n) is 30.8. The van der Waals surface area contributed by atoms with Crippen LogP contribution in [0.4, 0.5) is 0 Å². The second-order valence-corrected chi connectivity index (χ2v) is 14.1. The summed E-state index contributed by atoms with van der Waals surface area (Å²) in [5.41, 5.74) is 2.23. The summed E-state index contributed by atoms with van der Waals surface area (Å²) in [5, 5.41) is 9.23. The van der Waals surface area contributed by atoms with E-state index in [1.54, 1.807) is 20.3 Å². The van der Waals surface area contributed by atoms with Gasteiger partial charge in [-0.1, -0.05) is 77.7 Å². The Morgan fingerprint density at radius 2 is 1.18 bits per heavy atom. The van der Waals surface area contributed by atoms with Gasteiger partial charge in [0, 0.05) is 25.9 Å². The van der Waals surface area contributed by atoms with Crippen LogP contribution in [0.5, 0.6) is 0 Å². The number of hydrogen-bond donors (Lipinski definition) is 1. The first kappa shape index (κ1) is 43.9. The van der Waals surface area contributed by atoms with Crippen molar-refractivity contribution in [3.05, 3.63) is 47.1 Å². The van der Waals surface area contributed by atoms with Crippen LogP contribution in [0.1, 0.15) is 134 Å². The lowest BCUT2D eigenvalue weighted by Crippen LogP contribution is -2.22. The standard InChI is InChI=1S/2C19H34O3/c1-14(2)17(18(20)21)16(4)12-8-10-15(3)11-9-13-19(5,6)22-7;1-15(2)22-18(20)14-17(4)11-8-10-16(3)12-9-13-19(5,6)21-7/h8,12,14-15H,9-11,13H2,1-7H3,(H,20,21);8,11,14-16H,9-10,12-13H2,1-7H3/b12-8+,17-16+;11-8+,17-14+/t15-;16-/m11/s1. The van der Waals surface area contributed by atoms with Gasteiger partial charge in [-0.3, -0.25) is 0 Å². The molecule has 0 fully saturated rings. The van der Waals surface area contributed by atoms with Crippen molar-refractivity contribution >= 4 is 11.9 Å². The molecule has 0 aliphatic heterocycles. The van der Waals surface area contributed by atoms with Gasteiger partial charge in [0.15, 0.2) is 0 Å². The van der Waals surface area contributed by atoms with Crippen molar-refractivity contribution in [3.8, 4) is 0 Å². The van der Waals surface area contributed by atoms with Crippen LogP contribution in [0.25, 0.3) is 0 Å². The van der Waals surface area contributed by atoms with Gasteiger partial charge in [-0.25, -0.2) is 9.59 Å². The molecule has 0 aromatic carbocycles. The van der Waals surface area contributed by atoms with Gasteiger partial charge in [-0.2, -0.15) is 0 Å². The van der Waals surface area contributed by atoms with Crippen LogP contribution in [0.3, 0.4) is 0 Å². The van der Waals surface area contributed by atoms with Gasteiger partial charge in [0.25, 0.3) is 0 Å². The molecule has 0 saturated carbocycles. The summed E-state index contributed by atoms with van der Waals surface area (Å²) in [4.78, 5) is 22.7. The highest BCUT2D eigenvalue weighted by Gasteiger charge is 2.17. The second-order valence-electron chi connectivity index (χ2n) is 14.1. The lowest BCUT2D eigenvalue weighted by Gasteiger charge is -2.23. The minimum absolute atomic E-state index is 0.0222. The van der Waals surface area contributed by atoms with Gasteiger partial charge in [-0.05, 0) is 110 Å². The molecule has 0 heterocycles. The normalized spacial score (nSPS) is 15.0. The Morgan fingerprint density at radius 1 is 0.750 bits per heavy atom. The van der Waals surface area contributed by atoms with E-state index in [1.807, 2.05) is 53.7 Å². The molecule has 0 spiro atoms. The molecule has 0 bridgehead atoms. The topological polar surface area (TPSA) is 82.1 Å². The number of esters is 1. The van der Waals surface area contributed by atoms with E-state index in [1.165, 1.54) is 12.8 Å². The van der Waals surface area contributed by atoms with Crippen molar-refractivity contribution in [2.75, 3.05) is 14.2 Å². The molecule has 44 heavy (non-hydrogen) atoms. The zero-order valence-corrected chi connectivity index (χ0v) is 30.8. The Balaban J connectivity index is 0. The highest BCUT2D eigenvalue weighted by molar-refractivity contribution is 5.88. The maximum Gasteiger partial charge on any atom is 0.332 e. The van der Waals surface area contributed by atoms with Gasteiger partial charge in [-0.15, -0.1) is 0 Å². The Hall–Kier alpha value is -2.18. The molecule has 0 unspecified atom stereocenters. The largest absolute Gasteiger partial charge is 0.478 e. The number of carboxylic acid groups (broad SMARTS) is 1. The van der Waals surface area contributed by atoms with Crippen molar-refractivity contribution < 1.29 is 28.9 Å². The molecule has 256 valence electrons. The number of allylic oxidation sites excluding steroid dienone is 6. The van der Waals surface area contributed by atoms with Gasteiger partial charge >= 0.3 is 11.9 Å². The smallest absolute Gasteiger partial charge is 0.332 e. The molecule has 0 amide bonds. The summed E-state index contributed by atoms with van der Waals surface area (Å²) in [6.45, 7) is 24.3. The van der Waals surface area contributed by atoms with E-state index >= 15 is 0 Å². The van der Waals surface area contributed by atoms with E-state index in [-0.39, 0.29) is 29.2 Å². The number of carbonyl (C=O) groups excluding carboxylic acids is 1. The summed E-state index contributed by atoms with van der Waals surface area (Å²) in [7, 11) is 3.53. The Bertz CT molecular complexity index is 931. The first-order chi connectivity index (χ1) is 20.3. The minimum Gasteiger partial charge on any atom is -0.478 e. The molecule has 0 aromatic heterocycles. The van der Waals surface area contributed by atoms with Crippen LogP contribution in [-0.2, 0) is 23.8 Å². The highest BCUT2D eigenvalue weighted by Crippen LogP contribution is 2.22. The molecule has 0 saturated heterocycles. The van der Waals surface area contributed by atoms with E-state index in [2.05, 4.69) is 53.7 Å². The number of aliphatic carboxylic acids is 1. The van der Waals surface area contributed by atoms with Crippen LogP contribution < -0.4 is 0 Å². The molecule has 0 aliphatic carbocycles. The maximum atomic E-state index is 11.5. The van der Waals surface area contributed by atoms with Crippen LogP contribution in [0.15, 0.2) is 47.1 Å². The molecule has 2 atom stereocenters. The lowest BCUT2D eigenvalue weighted by molar-refractivity contribution is -0.141. The number of rotatable bonds is 20. The van der Waals surface area contributed by atoms with Crippen molar-refractivity contribution in [2.24, 2.45) is 17.8 Å². The van der Waals surface area contributed by atoms with Crippen molar-refractivity contribution in [3.63, 3.8) is 0 Å². The summed E-state index contributed by atoms with van der Waals surface area (Å²) in [5.74, 6) is 0.193. The van der Waals surface area contributed by atoms with E-state index in [4.69, 9.17) is 14.2 Å². The fourth-order valence-corrected chi connectivity index (χ4v) is 4.62. The summed E-state index contributed by atoms with van der Waals surface area (Å²) < 4.78 is 15.9. The molecular weight excluding hydrogens is 552 g/mol. The lowest BCUT2D eigenvalue weighted by atomic mass is 9.94. The third kappa shape index (κ3) is 24.2. The summed E-state index contributed by atoms with van der Waals surface area (Å²) in [6, 6.07) is 0. The minimum atomic E-state index is -0.813. The van der Waals surface area contributed by atoms with E-state index in [0.29, 0.717) is 17.4 Å². The SMILES string of the molecule is COC(C)(C)CCC[C@H](C)C/C=C/C(C)=C(/C(=O)O)C(C)C.COC(C)(C)CCC[C@H](C)C/C=C/C(C)=C/C(=O)OC(C)C. The van der Waals surface area contributed by atoms with Crippen LogP contribution in [-0.4, -0.2) is 48.6 Å². The van der Waals surface area contributed by atoms with E-state index < -0.39 is 5.97 Å². The van der Waals surface area contributed by atoms with Gasteiger partial charge in [0.05, 0.1) is 17.3 Å². The molecule has 0 aliphatic rings. The van der Waals surface area contributed by atoms with Gasteiger partial charge < -0.3 is 19.3 Å². The van der Waals surface area contributed by atoms with Crippen molar-refractivity contribution in [2.45, 2.75) is 152 Å². The maximum absolute atomic E-state index is 11.5. The molecule has 1 N–H and O–H groups in total. The zero-order chi connectivity index (χ0) is 34.5. The average Bonchev–Trinajstić information content (AvgIpc) is 2.87. The number of methoxy groups -OCH3 is 2. The number of hydrogen-bond acceptors (Lipinski definition) is 5. The Kier molecular flexibility index (Phi) is 23.2. The van der Waals surface area contributed by atoms with Crippen molar-refractivity contribution in [1.82, 2.24) is 0 Å². The third-order valence-electron chi connectivity index (χ3n) is 7.81. The van der Waals surface area contributed by atoms with Crippen LogP contribution >= 0.6 is 0 Å². The molecule has 0 radical (unpaired) electrons. The van der Waals surface area contributed by atoms with E-state index in [9.17, 15) is 14.7 Å². The van der Waals surface area contributed by atoms with E-state index in [0.717, 1.165) is 49.7 Å². The Labute approximate surface area is 271 Å². The van der Waals surface area contributed by atoms with Gasteiger partial charge in [0.2, 0.25) is 0 Å². The monoisotopic (exact) mass is 621 g/mol. The summed E-state index contributed by atoms with van der Waals surface area (Å²) >= 11 is 0. The van der Waals surface area contributed by atoms with Crippen LogP contribution in [0.2, 0.25) is 0 Å².